The number of nitrogens with two attached hydrogens (primary N) is 1. The lowest BCUT2D eigenvalue weighted by atomic mass is 10.4. The third kappa shape index (κ3) is 3.83. The maximum atomic E-state index is 11.5. The molecule has 1 aromatic heterocycles. The van der Waals surface area contributed by atoms with Gasteiger partial charge in [-0.15, -0.1) is 11.3 Å². The van der Waals surface area contributed by atoms with E-state index in [-0.39, 0.29) is 18.7 Å². The van der Waals surface area contributed by atoms with Crippen molar-refractivity contribution in [2.45, 2.75) is 26.9 Å². The fourth-order valence-electron chi connectivity index (χ4n) is 1.09. The summed E-state index contributed by atoms with van der Waals surface area (Å²) in [5, 5.41) is 0. The molecular formula is C11H17NO3S. The second kappa shape index (κ2) is 5.86. The number of esters is 1. The highest BCUT2D eigenvalue weighted by molar-refractivity contribution is 7.14. The molecule has 90 valence electrons. The number of carbonyl (C=O) groups is 1. The van der Waals surface area contributed by atoms with Crippen LogP contribution in [-0.2, 0) is 9.47 Å². The summed E-state index contributed by atoms with van der Waals surface area (Å²) in [5.41, 5.74) is 6.29. The van der Waals surface area contributed by atoms with Crippen LogP contribution in [0.15, 0.2) is 6.07 Å². The van der Waals surface area contributed by atoms with Gasteiger partial charge in [0.1, 0.15) is 11.5 Å². The average Bonchev–Trinajstić information content (AvgIpc) is 2.54. The van der Waals surface area contributed by atoms with Crippen molar-refractivity contribution in [3.8, 4) is 0 Å². The highest BCUT2D eigenvalue weighted by atomic mass is 32.1. The minimum atomic E-state index is -0.336. The van der Waals surface area contributed by atoms with E-state index < -0.39 is 0 Å². The van der Waals surface area contributed by atoms with Crippen LogP contribution in [0.4, 0.5) is 5.69 Å². The van der Waals surface area contributed by atoms with Crippen LogP contribution >= 0.6 is 11.3 Å². The molecule has 4 nitrogen and oxygen atoms in total. The molecule has 0 spiro atoms. The Hall–Kier alpha value is -1.07. The SMILES string of the molecule is Cc1sc(C(=O)OCCOC(C)C)cc1N. The highest BCUT2D eigenvalue weighted by Gasteiger charge is 2.11. The van der Waals surface area contributed by atoms with Crippen molar-refractivity contribution in [1.29, 1.82) is 0 Å². The lowest BCUT2D eigenvalue weighted by Crippen LogP contribution is -2.12. The van der Waals surface area contributed by atoms with Gasteiger partial charge in [-0.05, 0) is 26.8 Å². The van der Waals surface area contributed by atoms with Crippen molar-refractivity contribution in [3.05, 3.63) is 15.8 Å². The van der Waals surface area contributed by atoms with E-state index in [1.807, 2.05) is 20.8 Å². The summed E-state index contributed by atoms with van der Waals surface area (Å²) in [7, 11) is 0. The number of rotatable bonds is 5. The summed E-state index contributed by atoms with van der Waals surface area (Å²) < 4.78 is 10.3. The molecule has 2 N–H and O–H groups in total. The third-order valence-corrected chi connectivity index (χ3v) is 2.97. The van der Waals surface area contributed by atoms with Crippen LogP contribution in [0.25, 0.3) is 0 Å². The molecule has 1 rings (SSSR count). The molecular weight excluding hydrogens is 226 g/mol. The zero-order chi connectivity index (χ0) is 12.1. The first-order valence-corrected chi connectivity index (χ1v) is 5.97. The Morgan fingerprint density at radius 3 is 2.69 bits per heavy atom. The van der Waals surface area contributed by atoms with Crippen molar-refractivity contribution < 1.29 is 14.3 Å². The highest BCUT2D eigenvalue weighted by Crippen LogP contribution is 2.23. The first-order chi connectivity index (χ1) is 7.50. The van der Waals surface area contributed by atoms with Gasteiger partial charge < -0.3 is 15.2 Å². The van der Waals surface area contributed by atoms with Crippen LogP contribution in [-0.4, -0.2) is 25.3 Å². The van der Waals surface area contributed by atoms with Crippen LogP contribution in [0.2, 0.25) is 0 Å². The topological polar surface area (TPSA) is 61.5 Å². The molecule has 0 fully saturated rings. The van der Waals surface area contributed by atoms with Crippen LogP contribution in [0.1, 0.15) is 28.4 Å². The standard InChI is InChI=1S/C11H17NO3S/c1-7(2)14-4-5-15-11(13)10-6-9(12)8(3)16-10/h6-7H,4-5,12H2,1-3H3. The van der Waals surface area contributed by atoms with Gasteiger partial charge in [0.05, 0.1) is 12.7 Å². The number of nitrogen functional groups attached to an aromatic ring is 1. The van der Waals surface area contributed by atoms with E-state index in [2.05, 4.69) is 0 Å². The Labute approximate surface area is 99.4 Å². The summed E-state index contributed by atoms with van der Waals surface area (Å²) in [6, 6.07) is 1.64. The Morgan fingerprint density at radius 1 is 1.50 bits per heavy atom. The summed E-state index contributed by atoms with van der Waals surface area (Å²) in [5.74, 6) is -0.336. The van der Waals surface area contributed by atoms with Crippen molar-refractivity contribution >= 4 is 23.0 Å². The minimum Gasteiger partial charge on any atom is -0.459 e. The lowest BCUT2D eigenvalue weighted by molar-refractivity contribution is 0.0180. The van der Waals surface area contributed by atoms with Crippen LogP contribution in [0, 0.1) is 6.92 Å². The van der Waals surface area contributed by atoms with E-state index in [0.717, 1.165) is 4.88 Å². The lowest BCUT2D eigenvalue weighted by Gasteiger charge is -2.07. The number of ether oxygens (including phenoxy) is 2. The number of thiophene rings is 1. The van der Waals surface area contributed by atoms with Gasteiger partial charge >= 0.3 is 5.97 Å². The Balaban J connectivity index is 2.35. The summed E-state index contributed by atoms with van der Waals surface area (Å²) in [4.78, 5) is 13.0. The van der Waals surface area contributed by atoms with Crippen LogP contribution in [0.5, 0.6) is 0 Å². The Morgan fingerprint density at radius 2 is 2.19 bits per heavy atom. The summed E-state index contributed by atoms with van der Waals surface area (Å²) in [6.45, 7) is 6.44. The molecule has 0 bridgehead atoms. The number of aryl methyl sites for hydroxylation is 1. The minimum absolute atomic E-state index is 0.151. The zero-order valence-corrected chi connectivity index (χ0v) is 10.6. The summed E-state index contributed by atoms with van der Waals surface area (Å²) in [6.07, 6.45) is 0.151. The molecule has 0 aliphatic heterocycles. The van der Waals surface area contributed by atoms with Gasteiger partial charge in [-0.1, -0.05) is 0 Å². The number of anilines is 1. The molecule has 0 saturated carbocycles. The zero-order valence-electron chi connectivity index (χ0n) is 9.78. The van der Waals surface area contributed by atoms with Gasteiger partial charge in [0, 0.05) is 10.6 Å². The molecule has 0 aromatic carbocycles. The van der Waals surface area contributed by atoms with E-state index in [1.165, 1.54) is 11.3 Å². The van der Waals surface area contributed by atoms with Crippen LogP contribution < -0.4 is 5.73 Å². The molecule has 0 amide bonds. The molecule has 0 saturated heterocycles. The molecule has 0 aliphatic rings. The molecule has 1 aromatic rings. The van der Waals surface area contributed by atoms with Gasteiger partial charge in [0.15, 0.2) is 0 Å². The maximum absolute atomic E-state index is 11.5. The molecule has 5 heteroatoms. The van der Waals surface area contributed by atoms with Crippen molar-refractivity contribution in [1.82, 2.24) is 0 Å². The van der Waals surface area contributed by atoms with E-state index in [0.29, 0.717) is 17.2 Å². The van der Waals surface area contributed by atoms with Gasteiger partial charge in [0.2, 0.25) is 0 Å². The quantitative estimate of drug-likeness (QED) is 0.636. The number of hydrogen-bond acceptors (Lipinski definition) is 5. The largest absolute Gasteiger partial charge is 0.459 e. The second-order valence-corrected chi connectivity index (χ2v) is 4.93. The van der Waals surface area contributed by atoms with Gasteiger partial charge in [-0.25, -0.2) is 4.79 Å². The average molecular weight is 243 g/mol. The monoisotopic (exact) mass is 243 g/mol. The van der Waals surface area contributed by atoms with Crippen LogP contribution in [0.3, 0.4) is 0 Å². The molecule has 0 aliphatic carbocycles. The smallest absolute Gasteiger partial charge is 0.348 e. The maximum Gasteiger partial charge on any atom is 0.348 e. The molecule has 1 heterocycles. The van der Waals surface area contributed by atoms with Crippen molar-refractivity contribution in [2.75, 3.05) is 18.9 Å². The molecule has 0 atom stereocenters. The Kier molecular flexibility index (Phi) is 4.76. The van der Waals surface area contributed by atoms with Crippen molar-refractivity contribution in [3.63, 3.8) is 0 Å². The van der Waals surface area contributed by atoms with E-state index >= 15 is 0 Å². The molecule has 0 unspecified atom stereocenters. The van der Waals surface area contributed by atoms with Gasteiger partial charge in [-0.3, -0.25) is 0 Å². The molecule has 0 radical (unpaired) electrons. The predicted octanol–water partition coefficient (Wildman–Crippen LogP) is 2.22. The molecule has 16 heavy (non-hydrogen) atoms. The Bertz CT molecular complexity index is 341. The number of hydrogen-bond donors (Lipinski definition) is 1. The van der Waals surface area contributed by atoms with E-state index in [1.54, 1.807) is 6.07 Å². The van der Waals surface area contributed by atoms with E-state index in [4.69, 9.17) is 15.2 Å². The fourth-order valence-corrected chi connectivity index (χ4v) is 1.92. The van der Waals surface area contributed by atoms with Gasteiger partial charge in [0.25, 0.3) is 0 Å². The van der Waals surface area contributed by atoms with E-state index in [9.17, 15) is 4.79 Å². The normalized spacial score (nSPS) is 10.8. The third-order valence-electron chi connectivity index (χ3n) is 1.93. The number of carbonyl (C=O) groups excluding carboxylic acids is 1. The summed E-state index contributed by atoms with van der Waals surface area (Å²) >= 11 is 1.35. The second-order valence-electron chi connectivity index (χ2n) is 3.68. The predicted molar refractivity (Wildman–Crippen MR) is 64.8 cm³/mol. The van der Waals surface area contributed by atoms with Gasteiger partial charge in [-0.2, -0.15) is 0 Å². The van der Waals surface area contributed by atoms with Crippen molar-refractivity contribution in [2.24, 2.45) is 0 Å². The first kappa shape index (κ1) is 13.0. The fraction of sp³-hybridized carbons (Fsp3) is 0.545. The first-order valence-electron chi connectivity index (χ1n) is 5.15.